The number of piperidine rings is 1. The molecule has 0 unspecified atom stereocenters. The first-order valence-corrected chi connectivity index (χ1v) is 10.7. The Morgan fingerprint density at radius 1 is 1.00 bits per heavy atom. The molecule has 8 heteroatoms. The van der Waals surface area contributed by atoms with Gasteiger partial charge in [-0.3, -0.25) is 4.57 Å². The second-order valence-electron chi connectivity index (χ2n) is 6.96. The molecule has 0 saturated carbocycles. The topological polar surface area (TPSA) is 68.1 Å². The largest absolute Gasteiger partial charge is 0.286 e. The molecular weight excluding hydrogens is 379 g/mol. The normalized spacial score (nSPS) is 16.3. The van der Waals surface area contributed by atoms with Crippen molar-refractivity contribution in [3.8, 4) is 5.69 Å². The molecule has 28 heavy (non-hydrogen) atoms. The molecule has 0 amide bonds. The molecule has 0 atom stereocenters. The summed E-state index contributed by atoms with van der Waals surface area (Å²) in [5, 5.41) is 8.30. The van der Waals surface area contributed by atoms with E-state index in [2.05, 4.69) is 10.2 Å². The molecule has 0 radical (unpaired) electrons. The maximum absolute atomic E-state index is 13.1. The van der Waals surface area contributed by atoms with E-state index in [0.29, 0.717) is 19.0 Å². The quantitative estimate of drug-likeness (QED) is 0.660. The number of hydrogen-bond donors (Lipinski definition) is 0. The molecule has 6 nitrogen and oxygen atoms in total. The van der Waals surface area contributed by atoms with Crippen LogP contribution in [-0.4, -0.2) is 40.6 Å². The van der Waals surface area contributed by atoms with Gasteiger partial charge in [0.2, 0.25) is 10.0 Å². The molecule has 1 fully saturated rings. The van der Waals surface area contributed by atoms with Crippen molar-refractivity contribution in [2.75, 3.05) is 13.1 Å². The van der Waals surface area contributed by atoms with Gasteiger partial charge in [0, 0.05) is 25.2 Å². The highest BCUT2D eigenvalue weighted by Gasteiger charge is 2.30. The molecule has 0 bridgehead atoms. The molecule has 3 aromatic rings. The summed E-state index contributed by atoms with van der Waals surface area (Å²) in [6.45, 7) is 0.897. The first-order valence-electron chi connectivity index (χ1n) is 9.24. The summed E-state index contributed by atoms with van der Waals surface area (Å²) in [5.41, 5.74) is 1.01. The Bertz CT molecular complexity index is 1030. The lowest BCUT2D eigenvalue weighted by molar-refractivity contribution is 0.270. The fourth-order valence-corrected chi connectivity index (χ4v) is 5.04. The summed E-state index contributed by atoms with van der Waals surface area (Å²) in [6.07, 6.45) is 3.96. The highest BCUT2D eigenvalue weighted by molar-refractivity contribution is 7.89. The van der Waals surface area contributed by atoms with Crippen molar-refractivity contribution in [2.45, 2.75) is 24.2 Å². The zero-order valence-electron chi connectivity index (χ0n) is 15.3. The van der Waals surface area contributed by atoms with Gasteiger partial charge in [0.05, 0.1) is 4.90 Å². The number of sulfonamides is 1. The van der Waals surface area contributed by atoms with Crippen molar-refractivity contribution in [1.29, 1.82) is 0 Å². The Hall–Kier alpha value is -2.58. The van der Waals surface area contributed by atoms with Gasteiger partial charge in [0.15, 0.2) is 0 Å². The smallest absolute Gasteiger partial charge is 0.243 e. The Morgan fingerprint density at radius 2 is 1.68 bits per heavy atom. The molecule has 146 valence electrons. The van der Waals surface area contributed by atoms with E-state index >= 15 is 0 Å². The Kier molecular flexibility index (Phi) is 5.23. The predicted octanol–water partition coefficient (Wildman–Crippen LogP) is 3.05. The zero-order valence-corrected chi connectivity index (χ0v) is 16.1. The van der Waals surface area contributed by atoms with Crippen LogP contribution < -0.4 is 0 Å². The van der Waals surface area contributed by atoms with E-state index < -0.39 is 15.8 Å². The van der Waals surface area contributed by atoms with E-state index in [1.165, 1.54) is 28.6 Å². The van der Waals surface area contributed by atoms with Crippen LogP contribution in [0.25, 0.3) is 5.69 Å². The van der Waals surface area contributed by atoms with Gasteiger partial charge in [-0.1, -0.05) is 18.2 Å². The summed E-state index contributed by atoms with van der Waals surface area (Å²) in [6, 6.07) is 14.9. The number of nitrogens with zero attached hydrogens (tertiary/aromatic N) is 4. The highest BCUT2D eigenvalue weighted by Crippen LogP contribution is 2.26. The molecule has 2 heterocycles. The second-order valence-corrected chi connectivity index (χ2v) is 8.90. The Morgan fingerprint density at radius 3 is 2.36 bits per heavy atom. The summed E-state index contributed by atoms with van der Waals surface area (Å²) >= 11 is 0. The van der Waals surface area contributed by atoms with Crippen LogP contribution in [0.3, 0.4) is 0 Å². The van der Waals surface area contributed by atoms with Crippen molar-refractivity contribution >= 4 is 10.0 Å². The average Bonchev–Trinajstić information content (AvgIpc) is 3.17. The van der Waals surface area contributed by atoms with Crippen LogP contribution in [-0.2, 0) is 16.4 Å². The van der Waals surface area contributed by atoms with Crippen molar-refractivity contribution in [3.63, 3.8) is 0 Å². The third kappa shape index (κ3) is 3.83. The van der Waals surface area contributed by atoms with Crippen molar-refractivity contribution in [2.24, 2.45) is 5.92 Å². The minimum absolute atomic E-state index is 0.135. The molecule has 0 N–H and O–H groups in total. The van der Waals surface area contributed by atoms with Gasteiger partial charge < -0.3 is 0 Å². The van der Waals surface area contributed by atoms with Crippen LogP contribution in [0.4, 0.5) is 4.39 Å². The number of rotatable bonds is 5. The van der Waals surface area contributed by atoms with E-state index in [1.54, 1.807) is 6.33 Å². The van der Waals surface area contributed by atoms with Gasteiger partial charge in [0.1, 0.15) is 18.0 Å². The van der Waals surface area contributed by atoms with E-state index in [4.69, 9.17) is 0 Å². The lowest BCUT2D eigenvalue weighted by atomic mass is 9.94. The summed E-state index contributed by atoms with van der Waals surface area (Å²) in [7, 11) is -3.58. The maximum atomic E-state index is 13.1. The van der Waals surface area contributed by atoms with E-state index in [0.717, 1.165) is 30.8 Å². The minimum atomic E-state index is -3.58. The van der Waals surface area contributed by atoms with Crippen LogP contribution in [0.15, 0.2) is 65.8 Å². The minimum Gasteiger partial charge on any atom is -0.286 e. The van der Waals surface area contributed by atoms with Crippen LogP contribution in [0.5, 0.6) is 0 Å². The third-order valence-corrected chi connectivity index (χ3v) is 7.06. The molecule has 1 aromatic heterocycles. The molecule has 0 spiro atoms. The summed E-state index contributed by atoms with van der Waals surface area (Å²) in [5.74, 6) is 0.776. The van der Waals surface area contributed by atoms with Gasteiger partial charge in [-0.2, -0.15) is 4.31 Å². The van der Waals surface area contributed by atoms with E-state index in [1.807, 2.05) is 34.9 Å². The number of para-hydroxylation sites is 1. The standard InChI is InChI=1S/C20H21FN4O2S/c21-17-6-8-19(9-7-17)28(26,27)24-12-10-16(11-13-24)14-20-23-22-15-25(20)18-4-2-1-3-5-18/h1-9,15-16H,10-14H2. The van der Waals surface area contributed by atoms with Crippen LogP contribution in [0.1, 0.15) is 18.7 Å². The Labute approximate surface area is 163 Å². The molecule has 1 aliphatic rings. The number of halogens is 1. The summed E-state index contributed by atoms with van der Waals surface area (Å²) in [4.78, 5) is 0.135. The fraction of sp³-hybridized carbons (Fsp3) is 0.300. The molecule has 1 saturated heterocycles. The van der Waals surface area contributed by atoms with Crippen LogP contribution in [0.2, 0.25) is 0 Å². The Balaban J connectivity index is 1.42. The summed E-state index contributed by atoms with van der Waals surface area (Å²) < 4.78 is 42.0. The second kappa shape index (κ2) is 7.81. The number of benzene rings is 2. The molecule has 1 aliphatic heterocycles. The lowest BCUT2D eigenvalue weighted by Crippen LogP contribution is -2.39. The molecule has 2 aromatic carbocycles. The number of aromatic nitrogens is 3. The molecule has 4 rings (SSSR count). The first-order chi connectivity index (χ1) is 13.5. The van der Waals surface area contributed by atoms with E-state index in [-0.39, 0.29) is 4.90 Å². The van der Waals surface area contributed by atoms with Gasteiger partial charge in [-0.25, -0.2) is 12.8 Å². The predicted molar refractivity (Wildman–Crippen MR) is 103 cm³/mol. The fourth-order valence-electron chi connectivity index (χ4n) is 3.57. The maximum Gasteiger partial charge on any atom is 0.243 e. The van der Waals surface area contributed by atoms with Crippen molar-refractivity contribution < 1.29 is 12.8 Å². The van der Waals surface area contributed by atoms with Crippen molar-refractivity contribution in [3.05, 3.63) is 72.6 Å². The third-order valence-electron chi connectivity index (χ3n) is 5.15. The van der Waals surface area contributed by atoms with Gasteiger partial charge in [-0.05, 0) is 55.2 Å². The van der Waals surface area contributed by atoms with Crippen LogP contribution in [0, 0.1) is 11.7 Å². The molecular formula is C20H21FN4O2S. The number of hydrogen-bond acceptors (Lipinski definition) is 4. The average molecular weight is 400 g/mol. The molecule has 0 aliphatic carbocycles. The van der Waals surface area contributed by atoms with E-state index in [9.17, 15) is 12.8 Å². The van der Waals surface area contributed by atoms with Gasteiger partial charge in [-0.15, -0.1) is 10.2 Å². The SMILES string of the molecule is O=S(=O)(c1ccc(F)cc1)N1CCC(Cc2nncn2-c2ccccc2)CC1. The van der Waals surface area contributed by atoms with Gasteiger partial charge >= 0.3 is 0 Å². The van der Waals surface area contributed by atoms with Crippen molar-refractivity contribution in [1.82, 2.24) is 19.1 Å². The van der Waals surface area contributed by atoms with Crippen LogP contribution >= 0.6 is 0 Å². The van der Waals surface area contributed by atoms with Gasteiger partial charge in [0.25, 0.3) is 0 Å². The first kappa shape index (κ1) is 18.8. The monoisotopic (exact) mass is 400 g/mol. The lowest BCUT2D eigenvalue weighted by Gasteiger charge is -2.31. The highest BCUT2D eigenvalue weighted by atomic mass is 32.2. The zero-order chi connectivity index (χ0) is 19.6.